The van der Waals surface area contributed by atoms with Gasteiger partial charge in [-0.2, -0.15) is 0 Å². The summed E-state index contributed by atoms with van der Waals surface area (Å²) >= 11 is 13.2. The third-order valence-electron chi connectivity index (χ3n) is 4.95. The van der Waals surface area contributed by atoms with E-state index in [4.69, 9.17) is 27.9 Å². The Morgan fingerprint density at radius 1 is 0.970 bits per heavy atom. The van der Waals surface area contributed by atoms with Crippen LogP contribution in [0.3, 0.4) is 0 Å². The van der Waals surface area contributed by atoms with Gasteiger partial charge in [0.05, 0.1) is 17.0 Å². The molecular weight excluding hydrogens is 481 g/mol. The monoisotopic (exact) mass is 497 g/mol. The molecule has 166 valence electrons. The van der Waals surface area contributed by atoms with E-state index in [-0.39, 0.29) is 17.2 Å². The second-order valence-corrected chi connectivity index (χ2v) is 9.07. The van der Waals surface area contributed by atoms with E-state index in [2.05, 4.69) is 0 Å². The van der Waals surface area contributed by atoms with Gasteiger partial charge < -0.3 is 4.74 Å². The normalized spacial score (nSPS) is 14.8. The van der Waals surface area contributed by atoms with Crippen LogP contribution in [0.5, 0.6) is 5.75 Å². The largest absolute Gasteiger partial charge is 0.422 e. The molecule has 2 amide bonds. The van der Waals surface area contributed by atoms with E-state index in [0.717, 1.165) is 22.2 Å². The average Bonchev–Trinajstić information content (AvgIpc) is 3.05. The van der Waals surface area contributed by atoms with Crippen molar-refractivity contribution in [3.63, 3.8) is 0 Å². The maximum atomic E-state index is 13.0. The van der Waals surface area contributed by atoms with Crippen molar-refractivity contribution in [2.24, 2.45) is 0 Å². The van der Waals surface area contributed by atoms with E-state index in [1.54, 1.807) is 54.6 Å². The molecule has 5 nitrogen and oxygen atoms in total. The number of halogens is 2. The van der Waals surface area contributed by atoms with E-state index in [1.807, 2.05) is 19.1 Å². The van der Waals surface area contributed by atoms with Crippen LogP contribution < -0.4 is 4.74 Å². The summed E-state index contributed by atoms with van der Waals surface area (Å²) in [5.74, 6) is -0.706. The molecule has 0 bridgehead atoms. The summed E-state index contributed by atoms with van der Waals surface area (Å²) in [6.45, 7) is 1.89. The zero-order chi connectivity index (χ0) is 23.5. The average molecular weight is 498 g/mol. The van der Waals surface area contributed by atoms with Crippen LogP contribution in [-0.2, 0) is 11.3 Å². The molecule has 1 heterocycles. The van der Waals surface area contributed by atoms with E-state index >= 15 is 0 Å². The number of hydrogen-bond donors (Lipinski definition) is 0. The number of benzene rings is 3. The molecule has 1 fully saturated rings. The third-order valence-corrected chi connectivity index (χ3v) is 6.56. The summed E-state index contributed by atoms with van der Waals surface area (Å²) in [6.07, 6.45) is 1.54. The summed E-state index contributed by atoms with van der Waals surface area (Å²) in [5, 5.41) is 0.314. The Bertz CT molecular complexity index is 1270. The van der Waals surface area contributed by atoms with Crippen molar-refractivity contribution in [3.05, 3.63) is 104 Å². The van der Waals surface area contributed by atoms with Crippen LogP contribution in [0.2, 0.25) is 10.0 Å². The summed E-state index contributed by atoms with van der Waals surface area (Å²) in [7, 11) is 0. The minimum absolute atomic E-state index is 0.0371. The number of amides is 2. The standard InChI is InChI=1S/C25H17Cl2NO4S/c1-15-9-11-16(12-10-15)24(30)32-21-8-3-2-5-17(21)13-22-23(29)28(25(31)33-22)14-18-19(26)6-4-7-20(18)27/h2-13H,14H2,1H3/b22-13-. The molecule has 1 aliphatic heterocycles. The highest BCUT2D eigenvalue weighted by Gasteiger charge is 2.36. The zero-order valence-corrected chi connectivity index (χ0v) is 19.7. The minimum Gasteiger partial charge on any atom is -0.422 e. The first kappa shape index (κ1) is 23.1. The second-order valence-electron chi connectivity index (χ2n) is 7.26. The lowest BCUT2D eigenvalue weighted by atomic mass is 10.1. The summed E-state index contributed by atoms with van der Waals surface area (Å²) < 4.78 is 5.56. The molecular formula is C25H17Cl2NO4S. The molecule has 0 saturated carbocycles. The van der Waals surface area contributed by atoms with Gasteiger partial charge in [-0.1, -0.05) is 65.2 Å². The van der Waals surface area contributed by atoms with E-state index < -0.39 is 17.1 Å². The Kier molecular flexibility index (Phi) is 6.88. The summed E-state index contributed by atoms with van der Waals surface area (Å²) in [6, 6.07) is 18.8. The molecule has 8 heteroatoms. The lowest BCUT2D eigenvalue weighted by molar-refractivity contribution is -0.123. The Balaban J connectivity index is 1.57. The number of carbonyl (C=O) groups is 3. The van der Waals surface area contributed by atoms with Crippen LogP contribution in [0, 0.1) is 6.92 Å². The maximum absolute atomic E-state index is 13.0. The molecule has 0 radical (unpaired) electrons. The highest BCUT2D eigenvalue weighted by atomic mass is 35.5. The van der Waals surface area contributed by atoms with Gasteiger partial charge in [-0.25, -0.2) is 4.79 Å². The Morgan fingerprint density at radius 3 is 2.33 bits per heavy atom. The maximum Gasteiger partial charge on any atom is 0.343 e. The van der Waals surface area contributed by atoms with Crippen molar-refractivity contribution in [2.45, 2.75) is 13.5 Å². The molecule has 0 aromatic heterocycles. The Morgan fingerprint density at radius 2 is 1.64 bits per heavy atom. The fraction of sp³-hybridized carbons (Fsp3) is 0.0800. The van der Waals surface area contributed by atoms with Gasteiger partial charge in [0.1, 0.15) is 5.75 Å². The lowest BCUT2D eigenvalue weighted by Crippen LogP contribution is -2.27. The molecule has 0 aliphatic carbocycles. The lowest BCUT2D eigenvalue weighted by Gasteiger charge is -2.14. The van der Waals surface area contributed by atoms with Crippen LogP contribution in [0.15, 0.2) is 71.6 Å². The van der Waals surface area contributed by atoms with Crippen LogP contribution >= 0.6 is 35.0 Å². The molecule has 4 rings (SSSR count). The van der Waals surface area contributed by atoms with Gasteiger partial charge >= 0.3 is 5.97 Å². The van der Waals surface area contributed by atoms with Gasteiger partial charge in [0, 0.05) is 21.2 Å². The van der Waals surface area contributed by atoms with Crippen molar-refractivity contribution >= 4 is 58.2 Å². The molecule has 33 heavy (non-hydrogen) atoms. The molecule has 1 aliphatic rings. The van der Waals surface area contributed by atoms with Crippen molar-refractivity contribution in [3.8, 4) is 5.75 Å². The van der Waals surface area contributed by atoms with E-state index in [9.17, 15) is 14.4 Å². The zero-order valence-electron chi connectivity index (χ0n) is 17.4. The SMILES string of the molecule is Cc1ccc(C(=O)Oc2ccccc2/C=C2\SC(=O)N(Cc3c(Cl)cccc3Cl)C2=O)cc1. The highest BCUT2D eigenvalue weighted by molar-refractivity contribution is 8.18. The van der Waals surface area contributed by atoms with Gasteiger partial charge in [0.25, 0.3) is 11.1 Å². The number of para-hydroxylation sites is 1. The van der Waals surface area contributed by atoms with Crippen LogP contribution in [-0.4, -0.2) is 22.0 Å². The highest BCUT2D eigenvalue weighted by Crippen LogP contribution is 2.36. The van der Waals surface area contributed by atoms with Crippen molar-refractivity contribution in [1.82, 2.24) is 4.90 Å². The fourth-order valence-corrected chi connectivity index (χ4v) is 4.51. The number of aryl methyl sites for hydroxylation is 1. The predicted octanol–water partition coefficient (Wildman–Crippen LogP) is 6.76. The molecule has 0 spiro atoms. The number of carbonyl (C=O) groups excluding carboxylic acids is 3. The van der Waals surface area contributed by atoms with Crippen LogP contribution in [0.25, 0.3) is 6.08 Å². The van der Waals surface area contributed by atoms with Gasteiger partial charge in [-0.3, -0.25) is 14.5 Å². The molecule has 0 unspecified atom stereocenters. The number of nitrogens with zero attached hydrogens (tertiary/aromatic N) is 1. The fourth-order valence-electron chi connectivity index (χ4n) is 3.16. The van der Waals surface area contributed by atoms with Gasteiger partial charge in [0.15, 0.2) is 0 Å². The number of rotatable bonds is 5. The Hall–Kier alpha value is -3.06. The molecule has 1 saturated heterocycles. The molecule has 3 aromatic rings. The van der Waals surface area contributed by atoms with Crippen molar-refractivity contribution < 1.29 is 19.1 Å². The van der Waals surface area contributed by atoms with Gasteiger partial charge in [0.2, 0.25) is 0 Å². The van der Waals surface area contributed by atoms with Gasteiger partial charge in [-0.05, 0) is 55.1 Å². The van der Waals surface area contributed by atoms with E-state index in [0.29, 0.717) is 26.7 Å². The first-order chi connectivity index (χ1) is 15.8. The second kappa shape index (κ2) is 9.83. The Labute approximate surface area is 204 Å². The molecule has 0 N–H and O–H groups in total. The van der Waals surface area contributed by atoms with Crippen molar-refractivity contribution in [2.75, 3.05) is 0 Å². The molecule has 0 atom stereocenters. The van der Waals surface area contributed by atoms with Crippen LogP contribution in [0.4, 0.5) is 4.79 Å². The van der Waals surface area contributed by atoms with Crippen molar-refractivity contribution in [1.29, 1.82) is 0 Å². The van der Waals surface area contributed by atoms with Crippen LogP contribution in [0.1, 0.15) is 27.0 Å². The smallest absolute Gasteiger partial charge is 0.343 e. The number of imide groups is 1. The number of esters is 1. The number of ether oxygens (including phenoxy) is 1. The number of hydrogen-bond acceptors (Lipinski definition) is 5. The predicted molar refractivity (Wildman–Crippen MR) is 131 cm³/mol. The number of thioether (sulfide) groups is 1. The minimum atomic E-state index is -0.516. The molecule has 3 aromatic carbocycles. The quantitative estimate of drug-likeness (QED) is 0.221. The summed E-state index contributed by atoms with van der Waals surface area (Å²) in [5.41, 5.74) is 2.43. The summed E-state index contributed by atoms with van der Waals surface area (Å²) in [4.78, 5) is 39.3. The topological polar surface area (TPSA) is 63.7 Å². The van der Waals surface area contributed by atoms with E-state index in [1.165, 1.54) is 6.08 Å². The first-order valence-corrected chi connectivity index (χ1v) is 11.5. The van der Waals surface area contributed by atoms with Gasteiger partial charge in [-0.15, -0.1) is 0 Å². The first-order valence-electron chi connectivity index (χ1n) is 9.89. The third kappa shape index (κ3) is 5.14.